The third kappa shape index (κ3) is 7.03. The van der Waals surface area contributed by atoms with Crippen LogP contribution in [0.3, 0.4) is 0 Å². The second-order valence-electron chi connectivity index (χ2n) is 8.15. The number of sulfonamides is 1. The van der Waals surface area contributed by atoms with E-state index < -0.39 is 21.7 Å². The van der Waals surface area contributed by atoms with Gasteiger partial charge in [0.05, 0.1) is 22.7 Å². The summed E-state index contributed by atoms with van der Waals surface area (Å²) in [6.07, 6.45) is 4.69. The van der Waals surface area contributed by atoms with Gasteiger partial charge in [-0.1, -0.05) is 29.9 Å². The Kier molecular flexibility index (Phi) is 8.34. The van der Waals surface area contributed by atoms with Gasteiger partial charge >= 0.3 is 6.09 Å². The quantitative estimate of drug-likeness (QED) is 0.491. The van der Waals surface area contributed by atoms with Crippen LogP contribution in [0.4, 0.5) is 4.79 Å². The maximum Gasteiger partial charge on any atom is 0.407 e. The summed E-state index contributed by atoms with van der Waals surface area (Å²) in [5, 5.41) is 12.9. The number of ether oxygens (including phenoxy) is 1. The fourth-order valence-corrected chi connectivity index (χ4v) is 4.28. The van der Waals surface area contributed by atoms with Crippen LogP contribution >= 0.6 is 0 Å². The molecule has 0 aliphatic carbocycles. The van der Waals surface area contributed by atoms with Crippen molar-refractivity contribution in [3.8, 4) is 0 Å². The van der Waals surface area contributed by atoms with Crippen molar-refractivity contribution in [2.75, 3.05) is 6.54 Å². The van der Waals surface area contributed by atoms with E-state index in [9.17, 15) is 13.2 Å². The lowest BCUT2D eigenvalue weighted by Crippen LogP contribution is -2.41. The van der Waals surface area contributed by atoms with E-state index in [1.54, 1.807) is 52.0 Å². The van der Waals surface area contributed by atoms with Crippen molar-refractivity contribution in [1.29, 1.82) is 0 Å². The van der Waals surface area contributed by atoms with Crippen LogP contribution in [0, 0.1) is 0 Å². The first-order chi connectivity index (χ1) is 14.9. The van der Waals surface area contributed by atoms with E-state index in [1.165, 1.54) is 6.20 Å². The first-order valence-electron chi connectivity index (χ1n) is 10.2. The van der Waals surface area contributed by atoms with Gasteiger partial charge in [0.25, 0.3) is 0 Å². The largest absolute Gasteiger partial charge is 0.447 e. The van der Waals surface area contributed by atoms with Crippen LogP contribution in [0.15, 0.2) is 53.1 Å². The molecule has 0 saturated carbocycles. The number of benzene rings is 1. The summed E-state index contributed by atoms with van der Waals surface area (Å²) in [6.45, 7) is 11.1. The van der Waals surface area contributed by atoms with E-state index in [-0.39, 0.29) is 11.0 Å². The first kappa shape index (κ1) is 25.3. The monoisotopic (exact) mass is 461 g/mol. The smallest absolute Gasteiger partial charge is 0.407 e. The molecule has 9 nitrogen and oxygen atoms in total. The number of nitrogens with one attached hydrogen (secondary N) is 3. The van der Waals surface area contributed by atoms with Crippen molar-refractivity contribution in [1.82, 2.24) is 25.4 Å². The summed E-state index contributed by atoms with van der Waals surface area (Å²) in [7, 11) is -3.77. The summed E-state index contributed by atoms with van der Waals surface area (Å²) in [6, 6.07) is 6.61. The molecule has 1 aromatic carbocycles. The van der Waals surface area contributed by atoms with Gasteiger partial charge in [-0.25, -0.2) is 13.2 Å². The maximum absolute atomic E-state index is 12.8. The molecule has 2 rings (SSSR count). The Morgan fingerprint density at radius 2 is 1.91 bits per heavy atom. The maximum atomic E-state index is 12.8. The topological polar surface area (TPSA) is 126 Å². The number of allylic oxidation sites excluding steroid dienone is 3. The summed E-state index contributed by atoms with van der Waals surface area (Å²) in [4.78, 5) is 11.8. The Balaban J connectivity index is 2.11. The third-order valence-electron chi connectivity index (χ3n) is 4.51. The highest BCUT2D eigenvalue weighted by molar-refractivity contribution is 7.89. The molecule has 1 heterocycles. The van der Waals surface area contributed by atoms with E-state index in [4.69, 9.17) is 4.74 Å². The van der Waals surface area contributed by atoms with Gasteiger partial charge in [0.2, 0.25) is 10.0 Å². The molecule has 0 aliphatic heterocycles. The van der Waals surface area contributed by atoms with Crippen LogP contribution in [-0.4, -0.2) is 42.6 Å². The number of hydrogen-bond donors (Lipinski definition) is 3. The average molecular weight is 462 g/mol. The number of H-pyrrole nitrogens is 1. The van der Waals surface area contributed by atoms with E-state index in [2.05, 4.69) is 25.4 Å². The normalized spacial score (nSPS) is 13.3. The third-order valence-corrected chi connectivity index (χ3v) is 6.18. The zero-order chi connectivity index (χ0) is 23.9. The van der Waals surface area contributed by atoms with Crippen LogP contribution in [0.5, 0.6) is 0 Å². The van der Waals surface area contributed by atoms with Gasteiger partial charge in [-0.05, 0) is 64.8 Å². The zero-order valence-corrected chi connectivity index (χ0v) is 20.1. The second-order valence-corrected chi connectivity index (χ2v) is 9.83. The van der Waals surface area contributed by atoms with Gasteiger partial charge < -0.3 is 10.1 Å². The number of aromatic amines is 1. The van der Waals surface area contributed by atoms with Gasteiger partial charge in [0.15, 0.2) is 0 Å². The average Bonchev–Trinajstić information content (AvgIpc) is 3.25. The highest BCUT2D eigenvalue weighted by Crippen LogP contribution is 2.23. The Hall–Kier alpha value is -2.98. The van der Waals surface area contributed by atoms with Crippen molar-refractivity contribution in [3.05, 3.63) is 59.4 Å². The highest BCUT2D eigenvalue weighted by atomic mass is 32.2. The first-order valence-corrected chi connectivity index (χ1v) is 11.7. The molecule has 0 aliphatic rings. The fourth-order valence-electron chi connectivity index (χ4n) is 2.89. The molecular weight excluding hydrogens is 430 g/mol. The van der Waals surface area contributed by atoms with Crippen LogP contribution in [0.1, 0.15) is 52.8 Å². The molecule has 0 bridgehead atoms. The summed E-state index contributed by atoms with van der Waals surface area (Å²) >= 11 is 0. The predicted molar refractivity (Wildman–Crippen MR) is 123 cm³/mol. The van der Waals surface area contributed by atoms with Crippen molar-refractivity contribution in [2.24, 2.45) is 0 Å². The molecule has 0 saturated heterocycles. The number of carbonyl (C=O) groups is 1. The number of hydrogen-bond acceptors (Lipinski definition) is 6. The molecule has 0 atom stereocenters. The molecule has 0 fully saturated rings. The van der Waals surface area contributed by atoms with Crippen molar-refractivity contribution in [3.63, 3.8) is 0 Å². The molecule has 3 N–H and O–H groups in total. The van der Waals surface area contributed by atoms with Gasteiger partial charge in [-0.15, -0.1) is 0 Å². The number of aromatic nitrogens is 3. The Labute approximate surface area is 189 Å². The zero-order valence-electron chi connectivity index (χ0n) is 19.3. The molecule has 0 spiro atoms. The minimum absolute atomic E-state index is 0.145. The number of carbonyl (C=O) groups excluding carboxylic acids is 1. The predicted octanol–water partition coefficient (Wildman–Crippen LogP) is 3.50. The minimum Gasteiger partial charge on any atom is -0.447 e. The number of amides is 1. The number of rotatable bonds is 9. The van der Waals surface area contributed by atoms with E-state index in [0.717, 1.165) is 16.7 Å². The lowest BCUT2D eigenvalue weighted by molar-refractivity contribution is 0.116. The molecule has 0 unspecified atom stereocenters. The highest BCUT2D eigenvalue weighted by Gasteiger charge is 2.30. The SMILES string of the molecule is CC=C(C=C(C)CNC(=O)OC(C)C)c1ccc(S(=O)(=O)NC(C)(C)c2cn[nH]n2)cc1. The van der Waals surface area contributed by atoms with Crippen LogP contribution in [-0.2, 0) is 20.3 Å². The molecule has 1 amide bonds. The van der Waals surface area contributed by atoms with Gasteiger partial charge in [0, 0.05) is 6.54 Å². The minimum atomic E-state index is -3.77. The lowest BCUT2D eigenvalue weighted by atomic mass is 10.0. The van der Waals surface area contributed by atoms with Crippen molar-refractivity contribution >= 4 is 21.7 Å². The molecule has 32 heavy (non-hydrogen) atoms. The lowest BCUT2D eigenvalue weighted by Gasteiger charge is -2.23. The second kappa shape index (κ2) is 10.6. The van der Waals surface area contributed by atoms with Crippen molar-refractivity contribution in [2.45, 2.75) is 58.1 Å². The fraction of sp³-hybridized carbons (Fsp3) is 0.409. The van der Waals surface area contributed by atoms with Crippen LogP contribution in [0.25, 0.3) is 5.57 Å². The molecule has 1 aromatic heterocycles. The van der Waals surface area contributed by atoms with Gasteiger partial charge in [0.1, 0.15) is 5.69 Å². The molecular formula is C22H31N5O4S. The number of alkyl carbamates (subject to hydrolysis) is 1. The summed E-state index contributed by atoms with van der Waals surface area (Å²) < 4.78 is 33.4. The van der Waals surface area contributed by atoms with Crippen molar-refractivity contribution < 1.29 is 17.9 Å². The Bertz CT molecular complexity index is 1070. The van der Waals surface area contributed by atoms with Crippen LogP contribution < -0.4 is 10.0 Å². The Morgan fingerprint density at radius 1 is 1.25 bits per heavy atom. The standard InChI is InChI=1S/C22H31N5O4S/c1-7-17(12-16(4)13-23-21(28)31-15(2)3)18-8-10-19(11-9-18)32(29,30)26-22(5,6)20-14-24-27-25-20/h7-12,14-15,26H,13H2,1-6H3,(H,23,28)(H,24,25,27). The summed E-state index contributed by atoms with van der Waals surface area (Å²) in [5.74, 6) is 0. The Morgan fingerprint density at radius 3 is 2.44 bits per heavy atom. The van der Waals surface area contributed by atoms with E-state index in [1.807, 2.05) is 26.0 Å². The number of nitrogens with zero attached hydrogens (tertiary/aromatic N) is 2. The van der Waals surface area contributed by atoms with Gasteiger partial charge in [-0.3, -0.25) is 0 Å². The van der Waals surface area contributed by atoms with Crippen LogP contribution in [0.2, 0.25) is 0 Å². The molecule has 2 aromatic rings. The molecule has 0 radical (unpaired) electrons. The van der Waals surface area contributed by atoms with E-state index in [0.29, 0.717) is 12.2 Å². The van der Waals surface area contributed by atoms with Gasteiger partial charge in [-0.2, -0.15) is 20.1 Å². The molecule has 10 heteroatoms. The molecule has 174 valence electrons. The summed E-state index contributed by atoms with van der Waals surface area (Å²) in [5.41, 5.74) is 2.24. The van der Waals surface area contributed by atoms with E-state index >= 15 is 0 Å².